The first-order valence-corrected chi connectivity index (χ1v) is 6.17. The summed E-state index contributed by atoms with van der Waals surface area (Å²) in [6.45, 7) is 6.11. The molecule has 0 fully saturated rings. The van der Waals surface area contributed by atoms with Crippen molar-refractivity contribution in [3.8, 4) is 5.75 Å². The van der Waals surface area contributed by atoms with E-state index >= 15 is 0 Å². The predicted octanol–water partition coefficient (Wildman–Crippen LogP) is 1.84. The minimum Gasteiger partial charge on any atom is -0.507 e. The SMILES string of the molecule is Cc1ccc(O)c(C(=O)NCCC(O)C(C)C)c1. The number of hydrogen-bond donors (Lipinski definition) is 3. The molecule has 1 atom stereocenters. The first kappa shape index (κ1) is 14.5. The Balaban J connectivity index is 2.53. The van der Waals surface area contributed by atoms with Gasteiger partial charge in [-0.1, -0.05) is 25.5 Å². The lowest BCUT2D eigenvalue weighted by Crippen LogP contribution is -2.28. The molecule has 3 N–H and O–H groups in total. The number of aromatic hydroxyl groups is 1. The molecule has 4 nitrogen and oxygen atoms in total. The van der Waals surface area contributed by atoms with E-state index in [4.69, 9.17) is 0 Å². The van der Waals surface area contributed by atoms with Crippen molar-refractivity contribution in [2.45, 2.75) is 33.3 Å². The minimum atomic E-state index is -0.420. The zero-order valence-corrected chi connectivity index (χ0v) is 11.1. The first-order chi connectivity index (χ1) is 8.41. The Bertz CT molecular complexity index is 416. The van der Waals surface area contributed by atoms with Gasteiger partial charge in [0, 0.05) is 6.54 Å². The Morgan fingerprint density at radius 2 is 2.06 bits per heavy atom. The summed E-state index contributed by atoms with van der Waals surface area (Å²) in [7, 11) is 0. The van der Waals surface area contributed by atoms with Gasteiger partial charge < -0.3 is 15.5 Å². The third kappa shape index (κ3) is 4.04. The van der Waals surface area contributed by atoms with Crippen molar-refractivity contribution in [3.63, 3.8) is 0 Å². The van der Waals surface area contributed by atoms with Crippen LogP contribution in [0.5, 0.6) is 5.75 Å². The van der Waals surface area contributed by atoms with Gasteiger partial charge >= 0.3 is 0 Å². The first-order valence-electron chi connectivity index (χ1n) is 6.17. The minimum absolute atomic E-state index is 0.0255. The van der Waals surface area contributed by atoms with Crippen LogP contribution in [0, 0.1) is 12.8 Å². The summed E-state index contributed by atoms with van der Waals surface area (Å²) in [5, 5.41) is 21.9. The quantitative estimate of drug-likeness (QED) is 0.748. The third-order valence-corrected chi connectivity index (χ3v) is 2.89. The smallest absolute Gasteiger partial charge is 0.255 e. The molecule has 1 rings (SSSR count). The highest BCUT2D eigenvalue weighted by molar-refractivity contribution is 5.96. The molecule has 0 spiro atoms. The maximum Gasteiger partial charge on any atom is 0.255 e. The van der Waals surface area contributed by atoms with E-state index in [1.54, 1.807) is 12.1 Å². The van der Waals surface area contributed by atoms with Crippen LogP contribution < -0.4 is 5.32 Å². The van der Waals surface area contributed by atoms with E-state index in [2.05, 4.69) is 5.32 Å². The normalized spacial score (nSPS) is 12.5. The summed E-state index contributed by atoms with van der Waals surface area (Å²) >= 11 is 0. The molecule has 0 bridgehead atoms. The van der Waals surface area contributed by atoms with Gasteiger partial charge in [-0.05, 0) is 31.4 Å². The van der Waals surface area contributed by atoms with Crippen molar-refractivity contribution < 1.29 is 15.0 Å². The highest BCUT2D eigenvalue weighted by Crippen LogP contribution is 2.17. The van der Waals surface area contributed by atoms with Crippen LogP contribution in [0.25, 0.3) is 0 Å². The summed E-state index contributed by atoms with van der Waals surface area (Å²) in [6, 6.07) is 4.89. The Labute approximate surface area is 108 Å². The molecule has 0 aliphatic heterocycles. The molecule has 1 aromatic carbocycles. The second-order valence-electron chi connectivity index (χ2n) is 4.88. The fraction of sp³-hybridized carbons (Fsp3) is 0.500. The van der Waals surface area contributed by atoms with Crippen LogP contribution in [-0.4, -0.2) is 28.8 Å². The maximum atomic E-state index is 11.8. The topological polar surface area (TPSA) is 69.6 Å². The highest BCUT2D eigenvalue weighted by atomic mass is 16.3. The Kier molecular flexibility index (Phi) is 5.16. The van der Waals surface area contributed by atoms with Crippen LogP contribution >= 0.6 is 0 Å². The molecule has 4 heteroatoms. The van der Waals surface area contributed by atoms with Gasteiger partial charge in [-0.2, -0.15) is 0 Å². The van der Waals surface area contributed by atoms with E-state index < -0.39 is 6.10 Å². The molecule has 1 aromatic rings. The van der Waals surface area contributed by atoms with Gasteiger partial charge in [0.25, 0.3) is 5.91 Å². The molecule has 0 saturated carbocycles. The fourth-order valence-corrected chi connectivity index (χ4v) is 1.59. The van der Waals surface area contributed by atoms with Crippen molar-refractivity contribution in [2.75, 3.05) is 6.54 Å². The number of hydrogen-bond acceptors (Lipinski definition) is 3. The third-order valence-electron chi connectivity index (χ3n) is 2.89. The fourth-order valence-electron chi connectivity index (χ4n) is 1.59. The number of rotatable bonds is 5. The van der Waals surface area contributed by atoms with Gasteiger partial charge in [-0.3, -0.25) is 4.79 Å². The largest absolute Gasteiger partial charge is 0.507 e. The van der Waals surface area contributed by atoms with Crippen molar-refractivity contribution in [1.29, 1.82) is 0 Å². The lowest BCUT2D eigenvalue weighted by Gasteiger charge is -2.14. The number of amides is 1. The average Bonchev–Trinajstić information content (AvgIpc) is 2.31. The van der Waals surface area contributed by atoms with Gasteiger partial charge in [0.1, 0.15) is 5.75 Å². The van der Waals surface area contributed by atoms with Crippen LogP contribution in [0.3, 0.4) is 0 Å². The van der Waals surface area contributed by atoms with Gasteiger partial charge in [-0.15, -0.1) is 0 Å². The summed E-state index contributed by atoms with van der Waals surface area (Å²) in [5.74, 6) is -0.163. The molecule has 0 aliphatic rings. The van der Waals surface area contributed by atoms with Crippen LogP contribution in [0.1, 0.15) is 36.2 Å². The van der Waals surface area contributed by atoms with E-state index in [1.165, 1.54) is 6.07 Å². The number of phenolic OH excluding ortho intramolecular Hbond substituents is 1. The van der Waals surface area contributed by atoms with Crippen LogP contribution in [0.2, 0.25) is 0 Å². The lowest BCUT2D eigenvalue weighted by molar-refractivity contribution is 0.0917. The van der Waals surface area contributed by atoms with Gasteiger partial charge in [0.15, 0.2) is 0 Å². The maximum absolute atomic E-state index is 11.8. The second kappa shape index (κ2) is 6.40. The number of carbonyl (C=O) groups is 1. The zero-order chi connectivity index (χ0) is 13.7. The molecule has 1 unspecified atom stereocenters. The number of aliphatic hydroxyl groups is 1. The number of aliphatic hydroxyl groups excluding tert-OH is 1. The molecular formula is C14H21NO3. The Hall–Kier alpha value is -1.55. The molecule has 18 heavy (non-hydrogen) atoms. The number of carbonyl (C=O) groups excluding carboxylic acids is 1. The van der Waals surface area contributed by atoms with Gasteiger partial charge in [0.2, 0.25) is 0 Å². The standard InChI is InChI=1S/C14H21NO3/c1-9(2)12(16)6-7-15-14(18)11-8-10(3)4-5-13(11)17/h4-5,8-9,12,16-17H,6-7H2,1-3H3,(H,15,18). The molecule has 0 radical (unpaired) electrons. The highest BCUT2D eigenvalue weighted by Gasteiger charge is 2.13. The Morgan fingerprint density at radius 3 is 2.67 bits per heavy atom. The monoisotopic (exact) mass is 251 g/mol. The van der Waals surface area contributed by atoms with E-state index in [0.29, 0.717) is 13.0 Å². The van der Waals surface area contributed by atoms with Crippen molar-refractivity contribution >= 4 is 5.91 Å². The molecule has 1 amide bonds. The Morgan fingerprint density at radius 1 is 1.39 bits per heavy atom. The summed E-state index contributed by atoms with van der Waals surface area (Å²) in [6.07, 6.45) is 0.0899. The molecule has 100 valence electrons. The van der Waals surface area contributed by atoms with Gasteiger partial charge in [0.05, 0.1) is 11.7 Å². The summed E-state index contributed by atoms with van der Waals surface area (Å²) in [5.41, 5.74) is 1.19. The lowest BCUT2D eigenvalue weighted by atomic mass is 10.0. The van der Waals surface area contributed by atoms with Crippen molar-refractivity contribution in [3.05, 3.63) is 29.3 Å². The molecule has 0 saturated heterocycles. The van der Waals surface area contributed by atoms with Crippen LogP contribution in [-0.2, 0) is 0 Å². The van der Waals surface area contributed by atoms with E-state index in [0.717, 1.165) is 5.56 Å². The van der Waals surface area contributed by atoms with E-state index in [1.807, 2.05) is 20.8 Å². The van der Waals surface area contributed by atoms with E-state index in [9.17, 15) is 15.0 Å². The number of aryl methyl sites for hydroxylation is 1. The van der Waals surface area contributed by atoms with E-state index in [-0.39, 0.29) is 23.1 Å². The van der Waals surface area contributed by atoms with Crippen molar-refractivity contribution in [1.82, 2.24) is 5.32 Å². The van der Waals surface area contributed by atoms with Crippen molar-refractivity contribution in [2.24, 2.45) is 5.92 Å². The molecular weight excluding hydrogens is 230 g/mol. The number of benzene rings is 1. The predicted molar refractivity (Wildman–Crippen MR) is 70.6 cm³/mol. The number of phenols is 1. The summed E-state index contributed by atoms with van der Waals surface area (Å²) in [4.78, 5) is 11.8. The average molecular weight is 251 g/mol. The molecule has 0 heterocycles. The molecule has 0 aromatic heterocycles. The van der Waals surface area contributed by atoms with Crippen LogP contribution in [0.15, 0.2) is 18.2 Å². The number of nitrogens with one attached hydrogen (secondary N) is 1. The summed E-state index contributed by atoms with van der Waals surface area (Å²) < 4.78 is 0. The van der Waals surface area contributed by atoms with Gasteiger partial charge in [-0.25, -0.2) is 0 Å². The van der Waals surface area contributed by atoms with Crippen LogP contribution in [0.4, 0.5) is 0 Å². The zero-order valence-electron chi connectivity index (χ0n) is 11.1. The molecule has 0 aliphatic carbocycles. The second-order valence-corrected chi connectivity index (χ2v) is 4.88.